The molecule has 1 aromatic carbocycles. The molecule has 86 valence electrons. The van der Waals surface area contributed by atoms with Crippen LogP contribution in [0.2, 0.25) is 0 Å². The summed E-state index contributed by atoms with van der Waals surface area (Å²) in [7, 11) is 1.57. The molecule has 1 aromatic rings. The molecule has 1 atom stereocenters. The van der Waals surface area contributed by atoms with Crippen molar-refractivity contribution < 1.29 is 14.6 Å². The number of carbonyl (C=O) groups is 1. The summed E-state index contributed by atoms with van der Waals surface area (Å²) in [4.78, 5) is 11.0. The number of hydrazone groups is 1. The highest BCUT2D eigenvalue weighted by atomic mass is 16.5. The molecule has 16 heavy (non-hydrogen) atoms. The molecule has 5 heteroatoms. The molecule has 0 aliphatic rings. The summed E-state index contributed by atoms with van der Waals surface area (Å²) in [5.41, 5.74) is 3.00. The van der Waals surface area contributed by atoms with Crippen LogP contribution in [0.15, 0.2) is 29.4 Å². The zero-order chi connectivity index (χ0) is 12.0. The Labute approximate surface area is 93.7 Å². The van der Waals surface area contributed by atoms with Crippen LogP contribution in [-0.4, -0.2) is 30.4 Å². The van der Waals surface area contributed by atoms with E-state index in [9.17, 15) is 4.79 Å². The lowest BCUT2D eigenvalue weighted by Gasteiger charge is -2.01. The number of methoxy groups -OCH3 is 1. The molecule has 2 N–H and O–H groups in total. The zero-order valence-electron chi connectivity index (χ0n) is 9.18. The molecule has 1 rings (SSSR count). The molecule has 1 amide bonds. The third-order valence-electron chi connectivity index (χ3n) is 1.86. The second-order valence-electron chi connectivity index (χ2n) is 3.19. The Morgan fingerprint density at radius 1 is 1.62 bits per heavy atom. The van der Waals surface area contributed by atoms with Gasteiger partial charge in [-0.15, -0.1) is 0 Å². The summed E-state index contributed by atoms with van der Waals surface area (Å²) >= 11 is 0. The van der Waals surface area contributed by atoms with Gasteiger partial charge >= 0.3 is 0 Å². The van der Waals surface area contributed by atoms with Crippen LogP contribution in [0, 0.1) is 0 Å². The number of aliphatic hydroxyl groups excluding tert-OH is 1. The standard InChI is InChI=1S/C11H14N2O3/c1-8(14)11(15)13-12-7-9-4-3-5-10(6-9)16-2/h3-8,14H,1-2H3,(H,13,15)/b12-7+. The van der Waals surface area contributed by atoms with E-state index in [1.807, 2.05) is 18.2 Å². The third kappa shape index (κ3) is 3.70. The Hall–Kier alpha value is -1.88. The molecule has 0 fully saturated rings. The second-order valence-corrected chi connectivity index (χ2v) is 3.19. The van der Waals surface area contributed by atoms with Crippen LogP contribution in [0.3, 0.4) is 0 Å². The smallest absolute Gasteiger partial charge is 0.268 e. The van der Waals surface area contributed by atoms with E-state index in [0.717, 1.165) is 5.56 Å². The molecule has 0 heterocycles. The van der Waals surface area contributed by atoms with Gasteiger partial charge in [-0.1, -0.05) is 12.1 Å². The molecule has 5 nitrogen and oxygen atoms in total. The van der Waals surface area contributed by atoms with E-state index >= 15 is 0 Å². The molecule has 0 bridgehead atoms. The SMILES string of the molecule is COc1cccc(/C=N/NC(=O)C(C)O)c1. The van der Waals surface area contributed by atoms with E-state index in [2.05, 4.69) is 10.5 Å². The van der Waals surface area contributed by atoms with E-state index < -0.39 is 12.0 Å². The predicted molar refractivity (Wildman–Crippen MR) is 60.4 cm³/mol. The fourth-order valence-corrected chi connectivity index (χ4v) is 0.986. The van der Waals surface area contributed by atoms with Crippen LogP contribution < -0.4 is 10.2 Å². The Morgan fingerprint density at radius 2 is 2.38 bits per heavy atom. The van der Waals surface area contributed by atoms with Gasteiger partial charge in [0.2, 0.25) is 0 Å². The van der Waals surface area contributed by atoms with Gasteiger partial charge in [0.25, 0.3) is 5.91 Å². The van der Waals surface area contributed by atoms with Gasteiger partial charge < -0.3 is 9.84 Å². The maximum atomic E-state index is 11.0. The summed E-state index contributed by atoms with van der Waals surface area (Å²) in [6.07, 6.45) is 0.408. The normalized spacial score (nSPS) is 12.4. The third-order valence-corrected chi connectivity index (χ3v) is 1.86. The molecule has 0 saturated heterocycles. The van der Waals surface area contributed by atoms with Gasteiger partial charge in [0.1, 0.15) is 11.9 Å². The van der Waals surface area contributed by atoms with Crippen molar-refractivity contribution in [2.75, 3.05) is 7.11 Å². The largest absolute Gasteiger partial charge is 0.497 e. The van der Waals surface area contributed by atoms with Crippen LogP contribution in [0.5, 0.6) is 5.75 Å². The number of rotatable bonds is 4. The number of ether oxygens (including phenoxy) is 1. The number of amides is 1. The minimum atomic E-state index is -1.07. The van der Waals surface area contributed by atoms with Crippen LogP contribution in [0.25, 0.3) is 0 Å². The van der Waals surface area contributed by atoms with E-state index in [-0.39, 0.29) is 0 Å². The van der Waals surface area contributed by atoms with Crippen molar-refractivity contribution in [3.8, 4) is 5.75 Å². The molecular weight excluding hydrogens is 208 g/mol. The number of nitrogens with zero attached hydrogens (tertiary/aromatic N) is 1. The average molecular weight is 222 g/mol. The fraction of sp³-hybridized carbons (Fsp3) is 0.273. The molecule has 0 aliphatic carbocycles. The number of carbonyl (C=O) groups excluding carboxylic acids is 1. The van der Waals surface area contributed by atoms with Crippen LogP contribution in [-0.2, 0) is 4.79 Å². The lowest BCUT2D eigenvalue weighted by atomic mass is 10.2. The summed E-state index contributed by atoms with van der Waals surface area (Å²) in [6, 6.07) is 7.22. The molecular formula is C11H14N2O3. The maximum Gasteiger partial charge on any atom is 0.268 e. The first-order valence-electron chi connectivity index (χ1n) is 4.78. The zero-order valence-corrected chi connectivity index (χ0v) is 9.18. The van der Waals surface area contributed by atoms with Gasteiger partial charge in [-0.25, -0.2) is 5.43 Å². The Morgan fingerprint density at radius 3 is 3.00 bits per heavy atom. The number of nitrogens with one attached hydrogen (secondary N) is 1. The minimum Gasteiger partial charge on any atom is -0.497 e. The topological polar surface area (TPSA) is 70.9 Å². The highest BCUT2D eigenvalue weighted by molar-refractivity contribution is 5.84. The molecule has 0 saturated carbocycles. The van der Waals surface area contributed by atoms with Crippen molar-refractivity contribution in [1.29, 1.82) is 0 Å². The average Bonchev–Trinajstić information content (AvgIpc) is 2.29. The highest BCUT2D eigenvalue weighted by Gasteiger charge is 2.05. The van der Waals surface area contributed by atoms with Crippen molar-refractivity contribution >= 4 is 12.1 Å². The predicted octanol–water partition coefficient (Wildman–Crippen LogP) is 0.526. The van der Waals surface area contributed by atoms with E-state index in [4.69, 9.17) is 9.84 Å². The minimum absolute atomic E-state index is 0.542. The summed E-state index contributed by atoms with van der Waals surface area (Å²) in [5.74, 6) is 0.171. The monoisotopic (exact) mass is 222 g/mol. The highest BCUT2D eigenvalue weighted by Crippen LogP contribution is 2.10. The number of benzene rings is 1. The summed E-state index contributed by atoms with van der Waals surface area (Å²) in [5, 5.41) is 12.6. The Balaban J connectivity index is 2.59. The van der Waals surface area contributed by atoms with E-state index in [1.165, 1.54) is 13.1 Å². The Kier molecular flexibility index (Phi) is 4.47. The number of hydrogen-bond acceptors (Lipinski definition) is 4. The summed E-state index contributed by atoms with van der Waals surface area (Å²) < 4.78 is 5.03. The molecule has 0 aromatic heterocycles. The Bertz CT molecular complexity index is 389. The first kappa shape index (κ1) is 12.2. The molecule has 1 unspecified atom stereocenters. The summed E-state index contributed by atoms with van der Waals surface area (Å²) in [6.45, 7) is 1.37. The first-order chi connectivity index (χ1) is 7.63. The van der Waals surface area contributed by atoms with Crippen molar-refractivity contribution in [2.24, 2.45) is 5.10 Å². The molecule has 0 radical (unpaired) electrons. The maximum absolute atomic E-state index is 11.0. The van der Waals surface area contributed by atoms with Crippen LogP contribution in [0.1, 0.15) is 12.5 Å². The number of hydrogen-bond donors (Lipinski definition) is 2. The van der Waals surface area contributed by atoms with Crippen LogP contribution in [0.4, 0.5) is 0 Å². The number of aliphatic hydroxyl groups is 1. The van der Waals surface area contributed by atoms with Gasteiger partial charge in [0.15, 0.2) is 0 Å². The van der Waals surface area contributed by atoms with Gasteiger partial charge in [-0.3, -0.25) is 4.79 Å². The lowest BCUT2D eigenvalue weighted by Crippen LogP contribution is -2.28. The van der Waals surface area contributed by atoms with Gasteiger partial charge in [-0.05, 0) is 24.6 Å². The van der Waals surface area contributed by atoms with Crippen molar-refractivity contribution in [3.05, 3.63) is 29.8 Å². The molecule has 0 spiro atoms. The second kappa shape index (κ2) is 5.87. The van der Waals surface area contributed by atoms with E-state index in [1.54, 1.807) is 13.2 Å². The van der Waals surface area contributed by atoms with Crippen LogP contribution >= 0.6 is 0 Å². The lowest BCUT2D eigenvalue weighted by molar-refractivity contribution is -0.128. The van der Waals surface area contributed by atoms with E-state index in [0.29, 0.717) is 5.75 Å². The van der Waals surface area contributed by atoms with Crippen molar-refractivity contribution in [2.45, 2.75) is 13.0 Å². The van der Waals surface area contributed by atoms with Crippen molar-refractivity contribution in [1.82, 2.24) is 5.43 Å². The fourth-order valence-electron chi connectivity index (χ4n) is 0.986. The van der Waals surface area contributed by atoms with Crippen molar-refractivity contribution in [3.63, 3.8) is 0 Å². The van der Waals surface area contributed by atoms with Gasteiger partial charge in [0, 0.05) is 0 Å². The van der Waals surface area contributed by atoms with Gasteiger partial charge in [0.05, 0.1) is 13.3 Å². The van der Waals surface area contributed by atoms with Gasteiger partial charge in [-0.2, -0.15) is 5.10 Å². The first-order valence-corrected chi connectivity index (χ1v) is 4.78. The molecule has 0 aliphatic heterocycles. The quantitative estimate of drug-likeness (QED) is 0.576.